The van der Waals surface area contributed by atoms with E-state index < -0.39 is 48.3 Å². The van der Waals surface area contributed by atoms with Crippen molar-refractivity contribution < 1.29 is 43.0 Å². The summed E-state index contributed by atoms with van der Waals surface area (Å²) in [4.78, 5) is 99.6. The van der Waals surface area contributed by atoms with E-state index in [1.165, 1.54) is 4.90 Å². The van der Waals surface area contributed by atoms with Gasteiger partial charge in [0.05, 0.1) is 54.4 Å². The van der Waals surface area contributed by atoms with Crippen molar-refractivity contribution >= 4 is 47.1 Å². The van der Waals surface area contributed by atoms with Crippen LogP contribution in [0.3, 0.4) is 0 Å². The number of unbranched alkanes of at least 4 members (excludes halogenated alkanes) is 2. The summed E-state index contributed by atoms with van der Waals surface area (Å²) in [6.07, 6.45) is 3.28. The molecule has 384 valence electrons. The molecule has 68 heavy (non-hydrogen) atoms. The minimum absolute atomic E-state index is 0. The van der Waals surface area contributed by atoms with Crippen molar-refractivity contribution in [1.29, 1.82) is 0 Å². The molecule has 3 rings (SSSR count). The van der Waals surface area contributed by atoms with E-state index in [2.05, 4.69) is 21.2 Å². The van der Waals surface area contributed by atoms with E-state index >= 15 is 0 Å². The molecule has 17 heteroatoms. The minimum Gasteiger partial charge on any atom is -0.379 e. The van der Waals surface area contributed by atoms with Crippen molar-refractivity contribution in [2.24, 2.45) is 28.8 Å². The SMILES string of the molecule is C.CC[C@H](C)[C@@H]([C@@H](CC(=O)N1CCC[C@H]1[C@H](OC)[C@@H](C)C(=O)N[C@H](C)/C(=N/NC(=O)CCCCCN1C(=O)CCC1=O)c1ccccc1)OC)N(C)C(=O)[C@@H](NC(=O)[C@H](C(C)C)N(C)C)C(C)C. The Morgan fingerprint density at radius 1 is 0.838 bits per heavy atom. The molecule has 0 unspecified atom stereocenters. The van der Waals surface area contributed by atoms with Crippen LogP contribution < -0.4 is 16.1 Å². The quantitative estimate of drug-likeness (QED) is 0.0467. The maximum absolute atomic E-state index is 14.4. The number of hydrogen-bond acceptors (Lipinski definition) is 11. The highest BCUT2D eigenvalue weighted by molar-refractivity contribution is 6.06. The fraction of sp³-hybridized carbons (Fsp3) is 0.725. The van der Waals surface area contributed by atoms with Crippen LogP contribution in [0.4, 0.5) is 0 Å². The average molecular weight is 955 g/mol. The van der Waals surface area contributed by atoms with E-state index in [1.54, 1.807) is 44.9 Å². The molecule has 17 nitrogen and oxygen atoms in total. The Kier molecular flexibility index (Phi) is 25.0. The molecule has 0 bridgehead atoms. The van der Waals surface area contributed by atoms with Gasteiger partial charge in [-0.25, -0.2) is 5.43 Å². The van der Waals surface area contributed by atoms with E-state index in [0.29, 0.717) is 62.9 Å². The van der Waals surface area contributed by atoms with Gasteiger partial charge in [0.15, 0.2) is 0 Å². The monoisotopic (exact) mass is 955 g/mol. The summed E-state index contributed by atoms with van der Waals surface area (Å²) >= 11 is 0. The second-order valence-electron chi connectivity index (χ2n) is 19.4. The van der Waals surface area contributed by atoms with Crippen LogP contribution in [0.25, 0.3) is 0 Å². The number of likely N-dealkylation sites (tertiary alicyclic amines) is 2. The van der Waals surface area contributed by atoms with Crippen LogP contribution in [-0.4, -0.2) is 158 Å². The maximum atomic E-state index is 14.4. The number of amides is 7. The second kappa shape index (κ2) is 28.7. The average Bonchev–Trinajstić information content (AvgIpc) is 3.90. The summed E-state index contributed by atoms with van der Waals surface area (Å²) in [7, 11) is 8.51. The lowest BCUT2D eigenvalue weighted by Gasteiger charge is -2.41. The molecular weight excluding hydrogens is 869 g/mol. The molecular formula is C51H86N8O9. The van der Waals surface area contributed by atoms with Crippen molar-refractivity contribution in [2.45, 2.75) is 169 Å². The number of hydrogen-bond donors (Lipinski definition) is 3. The number of likely N-dealkylation sites (N-methyl/N-ethyl adjacent to an activating group) is 2. The summed E-state index contributed by atoms with van der Waals surface area (Å²) in [5.74, 6) is -2.46. The standard InChI is InChI=1S/C50H82N8O9.CH4/c1-14-33(6)46(56(11)50(65)43(31(2)3)52-49(64)45(32(4)5)55(9)10)38(66-12)30-42(62)57-29-21-24-37(57)47(67-13)34(7)48(63)51-35(8)44(36-22-17-15-18-23-36)54-53-39(59)25-19-16-20-28-58-40(60)26-27-41(58)61;/h15,17-18,22-23,31-35,37-38,43,45-47H,14,16,19-21,24-30H2,1-13H3,(H,51,63)(H,52,64)(H,53,59);1H4/b54-44-;/t33-,34+,35+,37-,38+,43-,45-,46-,47+;/m0./s1. The summed E-state index contributed by atoms with van der Waals surface area (Å²) in [6, 6.07) is 6.53. The summed E-state index contributed by atoms with van der Waals surface area (Å²) < 4.78 is 12.1. The highest BCUT2D eigenvalue weighted by Gasteiger charge is 2.43. The fourth-order valence-corrected chi connectivity index (χ4v) is 9.63. The number of methoxy groups -OCH3 is 2. The lowest BCUT2D eigenvalue weighted by Crippen LogP contribution is -2.59. The van der Waals surface area contributed by atoms with Crippen LogP contribution in [0.2, 0.25) is 0 Å². The molecule has 2 heterocycles. The molecule has 0 saturated carbocycles. The van der Waals surface area contributed by atoms with E-state index in [0.717, 1.165) is 0 Å². The van der Waals surface area contributed by atoms with Gasteiger partial charge in [-0.05, 0) is 70.0 Å². The normalized spacial score (nSPS) is 18.9. The third kappa shape index (κ3) is 16.2. The first-order valence-electron chi connectivity index (χ1n) is 24.3. The van der Waals surface area contributed by atoms with Gasteiger partial charge in [0.2, 0.25) is 41.4 Å². The van der Waals surface area contributed by atoms with Crippen LogP contribution in [-0.2, 0) is 43.0 Å². The Bertz CT molecular complexity index is 1820. The first-order chi connectivity index (χ1) is 31.7. The molecule has 0 spiro atoms. The van der Waals surface area contributed by atoms with Crippen molar-refractivity contribution in [2.75, 3.05) is 48.5 Å². The highest BCUT2D eigenvalue weighted by Crippen LogP contribution is 2.30. The van der Waals surface area contributed by atoms with E-state index in [4.69, 9.17) is 9.47 Å². The summed E-state index contributed by atoms with van der Waals surface area (Å²) in [5.41, 5.74) is 3.81. The van der Waals surface area contributed by atoms with Gasteiger partial charge in [-0.2, -0.15) is 5.10 Å². The third-order valence-corrected chi connectivity index (χ3v) is 13.5. The van der Waals surface area contributed by atoms with Crippen LogP contribution in [0.5, 0.6) is 0 Å². The number of carbonyl (C=O) groups excluding carboxylic acids is 7. The van der Waals surface area contributed by atoms with Crippen molar-refractivity contribution in [3.63, 3.8) is 0 Å². The molecule has 0 aliphatic carbocycles. The zero-order valence-electron chi connectivity index (χ0n) is 42.6. The van der Waals surface area contributed by atoms with Gasteiger partial charge in [-0.3, -0.25) is 43.4 Å². The molecule has 7 amide bonds. The lowest BCUT2D eigenvalue weighted by molar-refractivity contribution is -0.148. The predicted molar refractivity (Wildman–Crippen MR) is 265 cm³/mol. The van der Waals surface area contributed by atoms with Gasteiger partial charge in [-0.1, -0.05) is 99.1 Å². The Morgan fingerprint density at radius 3 is 2.01 bits per heavy atom. The number of nitrogens with zero attached hydrogens (tertiary/aromatic N) is 5. The molecule has 2 aliphatic rings. The van der Waals surface area contributed by atoms with Gasteiger partial charge >= 0.3 is 0 Å². The van der Waals surface area contributed by atoms with Crippen molar-refractivity contribution in [3.8, 4) is 0 Å². The Labute approximate surface area is 407 Å². The summed E-state index contributed by atoms with van der Waals surface area (Å²) in [5, 5.41) is 10.6. The zero-order valence-corrected chi connectivity index (χ0v) is 42.6. The fourth-order valence-electron chi connectivity index (χ4n) is 9.63. The smallest absolute Gasteiger partial charge is 0.245 e. The number of rotatable bonds is 27. The first kappa shape index (κ1) is 59.4. The summed E-state index contributed by atoms with van der Waals surface area (Å²) in [6.45, 7) is 16.2. The molecule has 3 N–H and O–H groups in total. The Balaban J connectivity index is 0.0000159. The van der Waals surface area contributed by atoms with Crippen LogP contribution >= 0.6 is 0 Å². The number of carbonyl (C=O) groups is 7. The van der Waals surface area contributed by atoms with Crippen LogP contribution in [0, 0.1) is 23.7 Å². The molecule has 9 atom stereocenters. The Morgan fingerprint density at radius 2 is 1.47 bits per heavy atom. The predicted octanol–water partition coefficient (Wildman–Crippen LogP) is 5.00. The molecule has 2 fully saturated rings. The van der Waals surface area contributed by atoms with Crippen molar-refractivity contribution in [3.05, 3.63) is 35.9 Å². The number of imide groups is 1. The van der Waals surface area contributed by atoms with E-state index in [1.807, 2.05) is 90.9 Å². The van der Waals surface area contributed by atoms with Gasteiger partial charge in [0.1, 0.15) is 6.04 Å². The van der Waals surface area contributed by atoms with Gasteiger partial charge in [-0.15, -0.1) is 0 Å². The van der Waals surface area contributed by atoms with Gasteiger partial charge < -0.3 is 29.9 Å². The van der Waals surface area contributed by atoms with Crippen molar-refractivity contribution in [1.82, 2.24) is 35.7 Å². The van der Waals surface area contributed by atoms with E-state index in [-0.39, 0.29) is 92.2 Å². The minimum atomic E-state index is -0.788. The van der Waals surface area contributed by atoms with Gasteiger partial charge in [0, 0.05) is 53.6 Å². The first-order valence-corrected chi connectivity index (χ1v) is 24.3. The van der Waals surface area contributed by atoms with E-state index in [9.17, 15) is 33.6 Å². The highest BCUT2D eigenvalue weighted by atomic mass is 16.5. The number of nitrogens with one attached hydrogen (secondary N) is 3. The largest absolute Gasteiger partial charge is 0.379 e. The molecule has 0 aromatic heterocycles. The number of benzene rings is 1. The topological polar surface area (TPSA) is 199 Å². The second-order valence-corrected chi connectivity index (χ2v) is 19.4. The number of ether oxygens (including phenoxy) is 2. The maximum Gasteiger partial charge on any atom is 0.245 e. The third-order valence-electron chi connectivity index (χ3n) is 13.5. The zero-order chi connectivity index (χ0) is 50.1. The van der Waals surface area contributed by atoms with Crippen LogP contribution in [0.15, 0.2) is 35.4 Å². The van der Waals surface area contributed by atoms with Gasteiger partial charge in [0.25, 0.3) is 0 Å². The Hall–Kier alpha value is -4.74. The molecule has 0 radical (unpaired) electrons. The molecule has 1 aromatic carbocycles. The molecule has 2 aliphatic heterocycles. The molecule has 2 saturated heterocycles. The van der Waals surface area contributed by atoms with Crippen LogP contribution in [0.1, 0.15) is 133 Å². The molecule has 1 aromatic rings. The number of hydrazone groups is 1. The lowest BCUT2D eigenvalue weighted by atomic mass is 9.89.